The minimum atomic E-state index is 0.0946. The molecule has 2 aromatic heterocycles. The maximum atomic E-state index is 11.2. The van der Waals surface area contributed by atoms with Gasteiger partial charge in [-0.2, -0.15) is 4.98 Å². The molecule has 148 valence electrons. The van der Waals surface area contributed by atoms with Crippen molar-refractivity contribution in [2.45, 2.75) is 58.2 Å². The minimum Gasteiger partial charge on any atom is -0.461 e. The van der Waals surface area contributed by atoms with Crippen molar-refractivity contribution in [2.24, 2.45) is 13.0 Å². The maximum absolute atomic E-state index is 11.2. The molecule has 0 saturated heterocycles. The monoisotopic (exact) mass is 413 g/mol. The van der Waals surface area contributed by atoms with Crippen LogP contribution in [0.5, 0.6) is 6.01 Å². The van der Waals surface area contributed by atoms with Crippen molar-refractivity contribution in [3.8, 4) is 6.01 Å². The van der Waals surface area contributed by atoms with Crippen LogP contribution in [0.1, 0.15) is 46.0 Å². The number of rotatable bonds is 7. The highest BCUT2D eigenvalue weighted by molar-refractivity contribution is 6.44. The van der Waals surface area contributed by atoms with Crippen LogP contribution < -0.4 is 4.74 Å². The van der Waals surface area contributed by atoms with E-state index in [1.165, 1.54) is 0 Å². The van der Waals surface area contributed by atoms with E-state index in [-0.39, 0.29) is 29.1 Å². The number of fused-ring (bicyclic) bond motifs is 1. The lowest BCUT2D eigenvalue weighted by Gasteiger charge is -2.29. The quantitative estimate of drug-likeness (QED) is 0.620. The highest BCUT2D eigenvalue weighted by Gasteiger charge is 2.25. The van der Waals surface area contributed by atoms with Crippen LogP contribution in [0, 0.1) is 5.92 Å². The Balaban J connectivity index is 1.54. The molecule has 1 aliphatic rings. The number of imidazole rings is 1. The van der Waals surface area contributed by atoms with Gasteiger partial charge in [0.1, 0.15) is 27.6 Å². The summed E-state index contributed by atoms with van der Waals surface area (Å²) in [5, 5.41) is 0.645. The number of ether oxygens (including phenoxy) is 2. The van der Waals surface area contributed by atoms with Gasteiger partial charge in [0, 0.05) is 20.1 Å². The van der Waals surface area contributed by atoms with Crippen molar-refractivity contribution in [1.82, 2.24) is 14.5 Å². The molecule has 0 amide bonds. The van der Waals surface area contributed by atoms with Crippen LogP contribution in [-0.4, -0.2) is 39.1 Å². The average Bonchev–Trinajstić information content (AvgIpc) is 2.93. The minimum absolute atomic E-state index is 0.0946. The van der Waals surface area contributed by atoms with Gasteiger partial charge in [0.25, 0.3) is 6.01 Å². The number of aryl methyl sites for hydroxylation is 1. The Bertz CT molecular complexity index is 816. The Morgan fingerprint density at radius 1 is 1.30 bits per heavy atom. The summed E-state index contributed by atoms with van der Waals surface area (Å²) in [4.78, 5) is 19.7. The van der Waals surface area contributed by atoms with Gasteiger partial charge in [-0.25, -0.2) is 4.98 Å². The van der Waals surface area contributed by atoms with E-state index in [4.69, 9.17) is 32.7 Å². The zero-order chi connectivity index (χ0) is 19.6. The number of halogens is 2. The lowest BCUT2D eigenvalue weighted by molar-refractivity contribution is -0.118. The summed E-state index contributed by atoms with van der Waals surface area (Å²) < 4.78 is 13.9. The number of carbonyl (C=O) groups is 1. The van der Waals surface area contributed by atoms with Gasteiger partial charge in [-0.15, -0.1) is 0 Å². The molecule has 1 saturated carbocycles. The molecule has 27 heavy (non-hydrogen) atoms. The molecule has 1 aliphatic carbocycles. The summed E-state index contributed by atoms with van der Waals surface area (Å²) in [6.45, 7) is 4.30. The number of aromatic nitrogens is 3. The van der Waals surface area contributed by atoms with Crippen molar-refractivity contribution in [3.05, 3.63) is 16.4 Å². The van der Waals surface area contributed by atoms with E-state index >= 15 is 0 Å². The van der Waals surface area contributed by atoms with E-state index in [0.717, 1.165) is 31.2 Å². The number of pyridine rings is 1. The van der Waals surface area contributed by atoms with Crippen LogP contribution in [-0.2, 0) is 16.6 Å². The van der Waals surface area contributed by atoms with Gasteiger partial charge in [0.15, 0.2) is 0 Å². The van der Waals surface area contributed by atoms with Crippen LogP contribution in [0.15, 0.2) is 6.20 Å². The van der Waals surface area contributed by atoms with Crippen LogP contribution in [0.2, 0.25) is 10.2 Å². The summed E-state index contributed by atoms with van der Waals surface area (Å²) in [5.74, 6) is 0.476. The van der Waals surface area contributed by atoms with E-state index in [9.17, 15) is 4.79 Å². The van der Waals surface area contributed by atoms with Gasteiger partial charge in [-0.05, 0) is 38.5 Å². The molecule has 0 N–H and O–H groups in total. The van der Waals surface area contributed by atoms with E-state index in [2.05, 4.69) is 9.97 Å². The second kappa shape index (κ2) is 8.76. The Morgan fingerprint density at radius 3 is 2.63 bits per heavy atom. The molecule has 0 unspecified atom stereocenters. The summed E-state index contributed by atoms with van der Waals surface area (Å²) in [6.07, 6.45) is 6.19. The highest BCUT2D eigenvalue weighted by Crippen LogP contribution is 2.32. The first-order valence-corrected chi connectivity index (χ1v) is 10.0. The molecule has 8 heteroatoms. The molecule has 6 nitrogen and oxygen atoms in total. The van der Waals surface area contributed by atoms with E-state index in [1.807, 2.05) is 18.5 Å². The fraction of sp³-hybridized carbons (Fsp3) is 0.632. The molecule has 1 fully saturated rings. The van der Waals surface area contributed by atoms with Gasteiger partial charge in [-0.1, -0.05) is 30.1 Å². The third-order valence-corrected chi connectivity index (χ3v) is 5.66. The largest absolute Gasteiger partial charge is 0.461 e. The lowest BCUT2D eigenvalue weighted by Crippen LogP contribution is -2.30. The second-order valence-electron chi connectivity index (χ2n) is 7.41. The van der Waals surface area contributed by atoms with Crippen molar-refractivity contribution in [2.75, 3.05) is 6.61 Å². The molecule has 0 aliphatic heterocycles. The molecule has 0 bridgehead atoms. The number of carbonyl (C=O) groups excluding carboxylic acids is 1. The smallest absolute Gasteiger partial charge is 0.297 e. The van der Waals surface area contributed by atoms with Crippen molar-refractivity contribution in [3.63, 3.8) is 0 Å². The van der Waals surface area contributed by atoms with Gasteiger partial charge >= 0.3 is 0 Å². The van der Waals surface area contributed by atoms with Crippen molar-refractivity contribution in [1.29, 1.82) is 0 Å². The molecule has 0 spiro atoms. The second-order valence-corrected chi connectivity index (χ2v) is 8.15. The Labute approximate surface area is 169 Å². The molecule has 3 rings (SSSR count). The van der Waals surface area contributed by atoms with E-state index in [1.54, 1.807) is 13.1 Å². The number of hydrogen-bond donors (Lipinski definition) is 0. The van der Waals surface area contributed by atoms with Crippen molar-refractivity contribution < 1.29 is 14.3 Å². The lowest BCUT2D eigenvalue weighted by atomic mass is 9.95. The Hall–Kier alpha value is -1.37. The Morgan fingerprint density at radius 2 is 1.96 bits per heavy atom. The maximum Gasteiger partial charge on any atom is 0.297 e. The molecule has 1 atom stereocenters. The first-order valence-electron chi connectivity index (χ1n) is 9.29. The average molecular weight is 414 g/mol. The predicted molar refractivity (Wildman–Crippen MR) is 106 cm³/mol. The third kappa shape index (κ3) is 4.92. The summed E-state index contributed by atoms with van der Waals surface area (Å²) in [5.41, 5.74) is 1.39. The summed E-state index contributed by atoms with van der Waals surface area (Å²) >= 11 is 12.2. The van der Waals surface area contributed by atoms with E-state index < -0.39 is 0 Å². The SMILES string of the molecule is CC(=O)C[C@@H](C)COC1CCC(Oc2nc3cnc(Cl)c(Cl)c3n2C)CC1. The topological polar surface area (TPSA) is 66.2 Å². The number of Topliss-reactive ketones (excluding diaryl/α,β-unsaturated/α-hetero) is 1. The third-order valence-electron chi connectivity index (χ3n) is 4.92. The van der Waals surface area contributed by atoms with Crippen LogP contribution in [0.25, 0.3) is 11.0 Å². The van der Waals surface area contributed by atoms with Gasteiger partial charge in [0.05, 0.1) is 17.8 Å². The fourth-order valence-corrected chi connectivity index (χ4v) is 3.95. The first kappa shape index (κ1) is 20.4. The standard InChI is InChI=1S/C19H25Cl2N3O3/c1-11(8-12(2)25)10-26-13-4-6-14(7-5-13)27-19-23-15-9-22-18(21)16(20)17(15)24(19)3/h9,11,13-14H,4-8,10H2,1-3H3/t11-,13?,14?/m1/s1. The zero-order valence-corrected chi connectivity index (χ0v) is 17.4. The highest BCUT2D eigenvalue weighted by atomic mass is 35.5. The summed E-state index contributed by atoms with van der Waals surface area (Å²) in [7, 11) is 1.86. The number of nitrogens with zero attached hydrogens (tertiary/aromatic N) is 3. The molecular weight excluding hydrogens is 389 g/mol. The molecular formula is C19H25Cl2N3O3. The molecule has 2 aromatic rings. The fourth-order valence-electron chi connectivity index (χ4n) is 3.54. The number of ketones is 1. The zero-order valence-electron chi connectivity index (χ0n) is 15.9. The predicted octanol–water partition coefficient (Wildman–Crippen LogP) is 4.60. The van der Waals surface area contributed by atoms with Crippen LogP contribution in [0.4, 0.5) is 0 Å². The van der Waals surface area contributed by atoms with Crippen LogP contribution >= 0.6 is 23.2 Å². The van der Waals surface area contributed by atoms with Gasteiger partial charge in [0.2, 0.25) is 0 Å². The Kier molecular flexibility index (Phi) is 6.61. The molecule has 0 aromatic carbocycles. The normalized spacial score (nSPS) is 21.4. The van der Waals surface area contributed by atoms with Gasteiger partial charge in [-0.3, -0.25) is 4.57 Å². The van der Waals surface area contributed by atoms with Crippen molar-refractivity contribution >= 4 is 40.0 Å². The van der Waals surface area contributed by atoms with E-state index in [0.29, 0.717) is 29.6 Å². The molecule has 2 heterocycles. The van der Waals surface area contributed by atoms with Crippen LogP contribution in [0.3, 0.4) is 0 Å². The molecule has 0 radical (unpaired) electrons. The number of hydrogen-bond acceptors (Lipinski definition) is 5. The first-order chi connectivity index (χ1) is 12.8. The summed E-state index contributed by atoms with van der Waals surface area (Å²) in [6, 6.07) is 0.524. The van der Waals surface area contributed by atoms with Gasteiger partial charge < -0.3 is 14.3 Å².